The first-order chi connectivity index (χ1) is 11.5. The van der Waals surface area contributed by atoms with Crippen LogP contribution in [-0.4, -0.2) is 17.8 Å². The number of halogens is 2. The van der Waals surface area contributed by atoms with Crippen LogP contribution in [0.3, 0.4) is 0 Å². The van der Waals surface area contributed by atoms with Gasteiger partial charge in [-0.1, -0.05) is 35.5 Å². The van der Waals surface area contributed by atoms with E-state index in [0.29, 0.717) is 12.5 Å². The van der Waals surface area contributed by atoms with Crippen molar-refractivity contribution in [2.45, 2.75) is 19.4 Å². The average Bonchev–Trinajstić information content (AvgIpc) is 2.56. The number of nitrogens with one attached hydrogen (secondary N) is 1. The largest absolute Gasteiger partial charge is 0.384 e. The van der Waals surface area contributed by atoms with Crippen LogP contribution in [0, 0.1) is 11.6 Å². The number of hydrogen-bond donors (Lipinski definition) is 2. The molecule has 7 heteroatoms. The van der Waals surface area contributed by atoms with Gasteiger partial charge in [0.25, 0.3) is 5.91 Å². The van der Waals surface area contributed by atoms with E-state index in [2.05, 4.69) is 10.5 Å². The van der Waals surface area contributed by atoms with Crippen LogP contribution in [0.5, 0.6) is 0 Å². The SMILES string of the molecule is CC(O/N=C(/N)Cc1ccccc1)C(=O)Nc1ccc(F)cc1F. The van der Waals surface area contributed by atoms with Gasteiger partial charge in [-0.25, -0.2) is 8.78 Å². The number of rotatable bonds is 6. The fraction of sp³-hybridized carbons (Fsp3) is 0.176. The van der Waals surface area contributed by atoms with Crippen LogP contribution in [0.25, 0.3) is 0 Å². The summed E-state index contributed by atoms with van der Waals surface area (Å²) in [5.74, 6) is -2.03. The van der Waals surface area contributed by atoms with Gasteiger partial charge in [-0.15, -0.1) is 0 Å². The molecule has 0 aliphatic rings. The van der Waals surface area contributed by atoms with Crippen LogP contribution >= 0.6 is 0 Å². The Kier molecular flexibility index (Phi) is 5.83. The Hall–Kier alpha value is -2.96. The number of nitrogens with two attached hydrogens (primary N) is 1. The van der Waals surface area contributed by atoms with Crippen molar-refractivity contribution in [2.75, 3.05) is 5.32 Å². The summed E-state index contributed by atoms with van der Waals surface area (Å²) < 4.78 is 26.3. The smallest absolute Gasteiger partial charge is 0.268 e. The van der Waals surface area contributed by atoms with Crippen LogP contribution < -0.4 is 11.1 Å². The lowest BCUT2D eigenvalue weighted by Gasteiger charge is -2.11. The minimum absolute atomic E-state index is 0.141. The molecule has 1 amide bonds. The normalized spacial score (nSPS) is 12.5. The average molecular weight is 333 g/mol. The van der Waals surface area contributed by atoms with Gasteiger partial charge in [0.1, 0.15) is 17.5 Å². The molecular formula is C17H17F2N3O2. The summed E-state index contributed by atoms with van der Waals surface area (Å²) in [4.78, 5) is 16.9. The third kappa shape index (κ3) is 5.05. The molecule has 24 heavy (non-hydrogen) atoms. The second-order valence-corrected chi connectivity index (χ2v) is 5.11. The first-order valence-electron chi connectivity index (χ1n) is 7.23. The van der Waals surface area contributed by atoms with Gasteiger partial charge in [-0.05, 0) is 24.6 Å². The van der Waals surface area contributed by atoms with E-state index in [0.717, 1.165) is 17.7 Å². The monoisotopic (exact) mass is 333 g/mol. The molecule has 0 aromatic heterocycles. The highest BCUT2D eigenvalue weighted by molar-refractivity contribution is 5.94. The molecule has 0 heterocycles. The van der Waals surface area contributed by atoms with E-state index in [1.165, 1.54) is 6.92 Å². The summed E-state index contributed by atoms with van der Waals surface area (Å²) in [6, 6.07) is 12.2. The van der Waals surface area contributed by atoms with E-state index in [-0.39, 0.29) is 11.5 Å². The molecular weight excluding hydrogens is 316 g/mol. The molecule has 0 aliphatic carbocycles. The van der Waals surface area contributed by atoms with Crippen molar-refractivity contribution in [3.05, 3.63) is 65.7 Å². The van der Waals surface area contributed by atoms with Crippen LogP contribution in [-0.2, 0) is 16.1 Å². The minimum atomic E-state index is -0.997. The molecule has 5 nitrogen and oxygen atoms in total. The first kappa shape index (κ1) is 17.4. The van der Waals surface area contributed by atoms with Gasteiger partial charge in [0, 0.05) is 12.5 Å². The van der Waals surface area contributed by atoms with Crippen LogP contribution in [0.1, 0.15) is 12.5 Å². The highest BCUT2D eigenvalue weighted by Gasteiger charge is 2.16. The standard InChI is InChI=1S/C17H17F2N3O2/c1-11(17(23)21-15-8-7-13(18)10-14(15)19)24-22-16(20)9-12-5-3-2-4-6-12/h2-8,10-11H,9H2,1H3,(H2,20,22)(H,21,23). The van der Waals surface area contributed by atoms with Gasteiger partial charge in [-0.2, -0.15) is 0 Å². The zero-order valence-corrected chi connectivity index (χ0v) is 13.0. The Labute approximate surface area is 138 Å². The Morgan fingerprint density at radius 2 is 1.96 bits per heavy atom. The third-order valence-electron chi connectivity index (χ3n) is 3.11. The van der Waals surface area contributed by atoms with Gasteiger partial charge < -0.3 is 15.9 Å². The molecule has 0 radical (unpaired) electrons. The lowest BCUT2D eigenvalue weighted by molar-refractivity contribution is -0.126. The highest BCUT2D eigenvalue weighted by atomic mass is 19.1. The number of benzene rings is 2. The van der Waals surface area contributed by atoms with E-state index in [4.69, 9.17) is 10.6 Å². The third-order valence-corrected chi connectivity index (χ3v) is 3.11. The number of carbonyl (C=O) groups excluding carboxylic acids is 1. The van der Waals surface area contributed by atoms with E-state index < -0.39 is 23.6 Å². The van der Waals surface area contributed by atoms with E-state index in [1.807, 2.05) is 30.3 Å². The molecule has 2 aromatic carbocycles. The number of oxime groups is 1. The van der Waals surface area contributed by atoms with Crippen molar-refractivity contribution in [2.24, 2.45) is 10.9 Å². The fourth-order valence-electron chi connectivity index (χ4n) is 1.86. The van der Waals surface area contributed by atoms with Crippen LogP contribution in [0.4, 0.5) is 14.5 Å². The molecule has 126 valence electrons. The number of amidine groups is 1. The molecule has 0 aliphatic heterocycles. The molecule has 2 aromatic rings. The lowest BCUT2D eigenvalue weighted by Crippen LogP contribution is -2.28. The summed E-state index contributed by atoms with van der Waals surface area (Å²) in [6.07, 6.45) is -0.620. The van der Waals surface area contributed by atoms with Crippen molar-refractivity contribution >= 4 is 17.4 Å². The predicted octanol–water partition coefficient (Wildman–Crippen LogP) is 2.82. The lowest BCUT2D eigenvalue weighted by atomic mass is 10.1. The number of nitrogens with zero attached hydrogens (tertiary/aromatic N) is 1. The van der Waals surface area contributed by atoms with Crippen molar-refractivity contribution in [1.29, 1.82) is 0 Å². The Bertz CT molecular complexity index is 736. The molecule has 0 spiro atoms. The summed E-state index contributed by atoms with van der Waals surface area (Å²) in [5, 5.41) is 5.99. The number of anilines is 1. The van der Waals surface area contributed by atoms with Gasteiger partial charge in [0.15, 0.2) is 0 Å². The Morgan fingerprint density at radius 1 is 1.25 bits per heavy atom. The zero-order valence-electron chi connectivity index (χ0n) is 13.0. The zero-order chi connectivity index (χ0) is 17.5. The van der Waals surface area contributed by atoms with E-state index in [9.17, 15) is 13.6 Å². The number of hydrogen-bond acceptors (Lipinski definition) is 3. The minimum Gasteiger partial charge on any atom is -0.384 e. The maximum atomic E-state index is 13.5. The molecule has 0 saturated carbocycles. The first-order valence-corrected chi connectivity index (χ1v) is 7.23. The fourth-order valence-corrected chi connectivity index (χ4v) is 1.86. The van der Waals surface area contributed by atoms with Gasteiger partial charge in [-0.3, -0.25) is 4.79 Å². The molecule has 0 bridgehead atoms. The summed E-state index contributed by atoms with van der Waals surface area (Å²) >= 11 is 0. The number of amides is 1. The topological polar surface area (TPSA) is 76.7 Å². The number of carbonyl (C=O) groups is 1. The predicted molar refractivity (Wildman–Crippen MR) is 87.3 cm³/mol. The summed E-state index contributed by atoms with van der Waals surface area (Å²) in [6.45, 7) is 1.44. The maximum Gasteiger partial charge on any atom is 0.268 e. The summed E-state index contributed by atoms with van der Waals surface area (Å²) in [5.41, 5.74) is 6.55. The van der Waals surface area contributed by atoms with Gasteiger partial charge in [0.05, 0.1) is 5.69 Å². The van der Waals surface area contributed by atoms with Crippen molar-refractivity contribution in [3.8, 4) is 0 Å². The second-order valence-electron chi connectivity index (χ2n) is 5.11. The molecule has 3 N–H and O–H groups in total. The van der Waals surface area contributed by atoms with Crippen LogP contribution in [0.2, 0.25) is 0 Å². The molecule has 0 fully saturated rings. The van der Waals surface area contributed by atoms with E-state index >= 15 is 0 Å². The van der Waals surface area contributed by atoms with Crippen molar-refractivity contribution in [1.82, 2.24) is 0 Å². The second kappa shape index (κ2) is 8.05. The van der Waals surface area contributed by atoms with Gasteiger partial charge >= 0.3 is 0 Å². The molecule has 1 atom stereocenters. The van der Waals surface area contributed by atoms with Gasteiger partial charge in [0.2, 0.25) is 6.10 Å². The van der Waals surface area contributed by atoms with E-state index in [1.54, 1.807) is 0 Å². The van der Waals surface area contributed by atoms with Crippen molar-refractivity contribution < 1.29 is 18.4 Å². The Balaban J connectivity index is 1.90. The maximum absolute atomic E-state index is 13.5. The van der Waals surface area contributed by atoms with Crippen LogP contribution in [0.15, 0.2) is 53.7 Å². The molecule has 1 unspecified atom stereocenters. The van der Waals surface area contributed by atoms with Crippen molar-refractivity contribution in [3.63, 3.8) is 0 Å². The molecule has 2 rings (SSSR count). The quantitative estimate of drug-likeness (QED) is 0.485. The highest BCUT2D eigenvalue weighted by Crippen LogP contribution is 2.15. The Morgan fingerprint density at radius 3 is 2.62 bits per heavy atom. The summed E-state index contributed by atoms with van der Waals surface area (Å²) in [7, 11) is 0. The molecule has 0 saturated heterocycles.